The minimum Gasteiger partial charge on any atom is -0.388 e. The first-order valence-electron chi connectivity index (χ1n) is 4.83. The zero-order chi connectivity index (χ0) is 12.1. The van der Waals surface area contributed by atoms with E-state index in [1.54, 1.807) is 13.8 Å². The fourth-order valence-electron chi connectivity index (χ4n) is 0.859. The van der Waals surface area contributed by atoms with Gasteiger partial charge in [-0.25, -0.2) is 4.72 Å². The summed E-state index contributed by atoms with van der Waals surface area (Å²) in [6.07, 6.45) is 0.953. The van der Waals surface area contributed by atoms with E-state index in [0.717, 1.165) is 0 Å². The number of rotatable bonds is 7. The van der Waals surface area contributed by atoms with Crippen LogP contribution in [0.25, 0.3) is 0 Å². The molecule has 0 atom stereocenters. The molecule has 0 aromatic carbocycles. The molecule has 0 radical (unpaired) electrons. The summed E-state index contributed by atoms with van der Waals surface area (Å²) in [6, 6.07) is -0.0738. The highest BCUT2D eigenvalue weighted by Gasteiger charge is 2.18. The SMILES string of the molecule is CC(C)N(C)S(=O)(=O)NCCCC(=N)N. The van der Waals surface area contributed by atoms with Crippen molar-refractivity contribution in [2.45, 2.75) is 32.7 Å². The average molecular weight is 236 g/mol. The van der Waals surface area contributed by atoms with Crippen LogP contribution in [0.3, 0.4) is 0 Å². The molecule has 7 heteroatoms. The number of hydrogen-bond donors (Lipinski definition) is 3. The summed E-state index contributed by atoms with van der Waals surface area (Å²) in [6.45, 7) is 3.91. The first-order valence-corrected chi connectivity index (χ1v) is 6.27. The average Bonchev–Trinajstić information content (AvgIpc) is 2.10. The van der Waals surface area contributed by atoms with E-state index in [1.165, 1.54) is 11.4 Å². The molecule has 0 unspecified atom stereocenters. The van der Waals surface area contributed by atoms with E-state index in [0.29, 0.717) is 19.4 Å². The van der Waals surface area contributed by atoms with Crippen LogP contribution in [0.2, 0.25) is 0 Å². The van der Waals surface area contributed by atoms with Crippen LogP contribution >= 0.6 is 0 Å². The van der Waals surface area contributed by atoms with Gasteiger partial charge in [-0.15, -0.1) is 0 Å². The number of nitrogens with zero attached hydrogens (tertiary/aromatic N) is 1. The molecule has 0 saturated heterocycles. The lowest BCUT2D eigenvalue weighted by molar-refractivity contribution is 0.402. The topological polar surface area (TPSA) is 99.3 Å². The molecule has 0 bridgehead atoms. The Kier molecular flexibility index (Phi) is 5.77. The highest BCUT2D eigenvalue weighted by molar-refractivity contribution is 7.87. The maximum Gasteiger partial charge on any atom is 0.279 e. The summed E-state index contributed by atoms with van der Waals surface area (Å²) in [4.78, 5) is 0. The van der Waals surface area contributed by atoms with Crippen molar-refractivity contribution >= 4 is 16.0 Å². The molecule has 0 rings (SSSR count). The molecule has 0 aromatic heterocycles. The fraction of sp³-hybridized carbons (Fsp3) is 0.875. The summed E-state index contributed by atoms with van der Waals surface area (Å²) in [7, 11) is -1.86. The maximum absolute atomic E-state index is 11.5. The second-order valence-corrected chi connectivity index (χ2v) is 5.45. The van der Waals surface area contributed by atoms with Gasteiger partial charge >= 0.3 is 0 Å². The molecule has 0 saturated carbocycles. The van der Waals surface area contributed by atoms with Crippen LogP contribution in [-0.4, -0.2) is 38.2 Å². The molecule has 0 aromatic rings. The van der Waals surface area contributed by atoms with Crippen molar-refractivity contribution in [3.63, 3.8) is 0 Å². The van der Waals surface area contributed by atoms with Crippen LogP contribution in [0.4, 0.5) is 0 Å². The smallest absolute Gasteiger partial charge is 0.279 e. The Morgan fingerprint density at radius 1 is 1.53 bits per heavy atom. The molecule has 0 amide bonds. The summed E-state index contributed by atoms with van der Waals surface area (Å²) in [5, 5.41) is 6.97. The van der Waals surface area contributed by atoms with Gasteiger partial charge in [0.15, 0.2) is 0 Å². The normalized spacial score (nSPS) is 12.3. The first kappa shape index (κ1) is 14.3. The van der Waals surface area contributed by atoms with Gasteiger partial charge in [-0.3, -0.25) is 5.41 Å². The summed E-state index contributed by atoms with van der Waals surface area (Å²) in [5.74, 6) is 0.0754. The van der Waals surface area contributed by atoms with Gasteiger partial charge in [0, 0.05) is 26.1 Å². The zero-order valence-electron chi connectivity index (χ0n) is 9.45. The third-order valence-electron chi connectivity index (χ3n) is 2.01. The van der Waals surface area contributed by atoms with Crippen molar-refractivity contribution < 1.29 is 8.42 Å². The van der Waals surface area contributed by atoms with Crippen LogP contribution in [-0.2, 0) is 10.2 Å². The van der Waals surface area contributed by atoms with Crippen molar-refractivity contribution in [1.82, 2.24) is 9.03 Å². The van der Waals surface area contributed by atoms with Crippen molar-refractivity contribution in [3.8, 4) is 0 Å². The van der Waals surface area contributed by atoms with Crippen LogP contribution in [0.5, 0.6) is 0 Å². The van der Waals surface area contributed by atoms with Crippen LogP contribution < -0.4 is 10.5 Å². The zero-order valence-corrected chi connectivity index (χ0v) is 10.3. The molecule has 6 nitrogen and oxygen atoms in total. The molecule has 4 N–H and O–H groups in total. The second kappa shape index (κ2) is 6.04. The van der Waals surface area contributed by atoms with Gasteiger partial charge in [0.2, 0.25) is 0 Å². The Labute approximate surface area is 91.5 Å². The Bertz CT molecular complexity index is 300. The van der Waals surface area contributed by atoms with Crippen molar-refractivity contribution in [3.05, 3.63) is 0 Å². The minimum absolute atomic E-state index is 0.0738. The molecule has 90 valence electrons. The molecule has 0 heterocycles. The predicted octanol–water partition coefficient (Wildman–Crippen LogP) is -0.123. The quantitative estimate of drug-likeness (QED) is 0.326. The van der Waals surface area contributed by atoms with Crippen LogP contribution in [0, 0.1) is 5.41 Å². The lowest BCUT2D eigenvalue weighted by Crippen LogP contribution is -2.42. The van der Waals surface area contributed by atoms with Crippen molar-refractivity contribution in [2.24, 2.45) is 5.73 Å². The van der Waals surface area contributed by atoms with E-state index in [-0.39, 0.29) is 11.9 Å². The fourth-order valence-corrected chi connectivity index (χ4v) is 2.02. The molecule has 15 heavy (non-hydrogen) atoms. The Morgan fingerprint density at radius 3 is 2.47 bits per heavy atom. The van der Waals surface area contributed by atoms with E-state index in [4.69, 9.17) is 11.1 Å². The summed E-state index contributed by atoms with van der Waals surface area (Å²) in [5.41, 5.74) is 5.15. The number of nitrogens with two attached hydrogens (primary N) is 1. The van der Waals surface area contributed by atoms with Crippen molar-refractivity contribution in [2.75, 3.05) is 13.6 Å². The molecule has 0 aliphatic carbocycles. The Hall–Kier alpha value is -0.660. The largest absolute Gasteiger partial charge is 0.388 e. The van der Waals surface area contributed by atoms with Gasteiger partial charge in [-0.1, -0.05) is 0 Å². The predicted molar refractivity (Wildman–Crippen MR) is 61.0 cm³/mol. The minimum atomic E-state index is -3.39. The van der Waals surface area contributed by atoms with Crippen molar-refractivity contribution in [1.29, 1.82) is 5.41 Å². The lowest BCUT2D eigenvalue weighted by atomic mass is 10.3. The van der Waals surface area contributed by atoms with Crippen LogP contribution in [0.15, 0.2) is 0 Å². The highest BCUT2D eigenvalue weighted by atomic mass is 32.2. The van der Waals surface area contributed by atoms with E-state index < -0.39 is 10.2 Å². The summed E-state index contributed by atoms with van der Waals surface area (Å²) >= 11 is 0. The van der Waals surface area contributed by atoms with Gasteiger partial charge in [0.1, 0.15) is 0 Å². The molecule has 0 fully saturated rings. The molecular weight excluding hydrogens is 216 g/mol. The van der Waals surface area contributed by atoms with Crippen LogP contribution in [0.1, 0.15) is 26.7 Å². The standard InChI is InChI=1S/C8H20N4O2S/c1-7(2)12(3)15(13,14)11-6-4-5-8(9)10/h7,11H,4-6H2,1-3H3,(H3,9,10). The van der Waals surface area contributed by atoms with E-state index in [1.807, 2.05) is 0 Å². The number of hydrogen-bond acceptors (Lipinski definition) is 3. The summed E-state index contributed by atoms with van der Waals surface area (Å²) < 4.78 is 26.8. The van der Waals surface area contributed by atoms with E-state index >= 15 is 0 Å². The van der Waals surface area contributed by atoms with E-state index in [9.17, 15) is 8.42 Å². The number of nitrogens with one attached hydrogen (secondary N) is 2. The Morgan fingerprint density at radius 2 is 2.07 bits per heavy atom. The number of amidine groups is 1. The third kappa shape index (κ3) is 5.71. The second-order valence-electron chi connectivity index (χ2n) is 3.64. The Balaban J connectivity index is 4.00. The van der Waals surface area contributed by atoms with E-state index in [2.05, 4.69) is 4.72 Å². The maximum atomic E-state index is 11.5. The monoisotopic (exact) mass is 236 g/mol. The highest BCUT2D eigenvalue weighted by Crippen LogP contribution is 2.00. The molecule has 0 aliphatic heterocycles. The third-order valence-corrected chi connectivity index (χ3v) is 3.76. The van der Waals surface area contributed by atoms with Gasteiger partial charge < -0.3 is 5.73 Å². The van der Waals surface area contributed by atoms with Gasteiger partial charge in [0.25, 0.3) is 10.2 Å². The van der Waals surface area contributed by atoms with Gasteiger partial charge in [-0.05, 0) is 20.3 Å². The first-order chi connectivity index (χ1) is 6.77. The molecule has 0 aliphatic rings. The molecular formula is C8H20N4O2S. The lowest BCUT2D eigenvalue weighted by Gasteiger charge is -2.21. The molecule has 0 spiro atoms. The van der Waals surface area contributed by atoms with Gasteiger partial charge in [0.05, 0.1) is 5.84 Å². The van der Waals surface area contributed by atoms with Gasteiger partial charge in [-0.2, -0.15) is 12.7 Å².